The van der Waals surface area contributed by atoms with Crippen molar-refractivity contribution in [3.63, 3.8) is 0 Å². The van der Waals surface area contributed by atoms with Crippen LogP contribution in [0.3, 0.4) is 0 Å². The Morgan fingerprint density at radius 3 is 2.76 bits per heavy atom. The van der Waals surface area contributed by atoms with Crippen molar-refractivity contribution in [3.05, 3.63) is 24.0 Å². The normalized spacial score (nSPS) is 12.2. The highest BCUT2D eigenvalue weighted by Crippen LogP contribution is 2.19. The average molecular weight is 245 g/mol. The van der Waals surface area contributed by atoms with E-state index in [1.54, 1.807) is 18.2 Å². The predicted octanol–water partition coefficient (Wildman–Crippen LogP) is 2.22. The van der Waals surface area contributed by atoms with Crippen molar-refractivity contribution in [2.45, 2.75) is 12.8 Å². The summed E-state index contributed by atoms with van der Waals surface area (Å²) in [6.45, 7) is -1.52. The Labute approximate surface area is 94.6 Å². The predicted molar refractivity (Wildman–Crippen MR) is 56.2 cm³/mol. The van der Waals surface area contributed by atoms with Crippen LogP contribution < -0.4 is 5.73 Å². The number of hydrogen-bond donors (Lipinski definition) is 2. The minimum Gasteiger partial charge on any atom is -0.397 e. The first-order chi connectivity index (χ1) is 7.96. The molecule has 1 heterocycles. The summed E-state index contributed by atoms with van der Waals surface area (Å²) in [6, 6.07) is 5.14. The molecule has 0 saturated carbocycles. The fourth-order valence-electron chi connectivity index (χ4n) is 1.44. The Kier molecular flexibility index (Phi) is 2.93. The van der Waals surface area contributed by atoms with Gasteiger partial charge in [0.2, 0.25) is 0 Å². The van der Waals surface area contributed by atoms with E-state index in [0.29, 0.717) is 22.5 Å². The summed E-state index contributed by atoms with van der Waals surface area (Å²) in [7, 11) is 0. The van der Waals surface area contributed by atoms with Crippen LogP contribution in [0.5, 0.6) is 0 Å². The summed E-state index contributed by atoms with van der Waals surface area (Å²) in [6.07, 6.45) is -4.33. The van der Waals surface area contributed by atoms with E-state index in [1.165, 1.54) is 0 Å². The Balaban J connectivity index is 2.07. The van der Waals surface area contributed by atoms with Crippen molar-refractivity contribution < 1.29 is 17.9 Å². The van der Waals surface area contributed by atoms with Crippen LogP contribution in [0.4, 0.5) is 18.9 Å². The standard InChI is InChI=1S/C10H10F3N3O/c11-10(12,13)5-17-4-8-15-7-3-1-2-6(14)9(7)16-8/h1-3H,4-5,14H2,(H,15,16). The first kappa shape index (κ1) is 11.7. The van der Waals surface area contributed by atoms with Gasteiger partial charge in [-0.05, 0) is 12.1 Å². The fourth-order valence-corrected chi connectivity index (χ4v) is 1.44. The van der Waals surface area contributed by atoms with E-state index < -0.39 is 12.8 Å². The van der Waals surface area contributed by atoms with Crippen molar-refractivity contribution in [3.8, 4) is 0 Å². The maximum absolute atomic E-state index is 11.9. The molecule has 0 aliphatic carbocycles. The second-order valence-corrected chi connectivity index (χ2v) is 3.53. The van der Waals surface area contributed by atoms with Crippen LogP contribution in [0.1, 0.15) is 5.82 Å². The molecule has 0 aliphatic heterocycles. The molecular formula is C10H10F3N3O. The lowest BCUT2D eigenvalue weighted by atomic mass is 10.3. The van der Waals surface area contributed by atoms with E-state index in [2.05, 4.69) is 14.7 Å². The number of imidazole rings is 1. The van der Waals surface area contributed by atoms with Gasteiger partial charge in [-0.15, -0.1) is 0 Å². The Hall–Kier alpha value is -1.76. The number of benzene rings is 1. The number of rotatable bonds is 3. The van der Waals surface area contributed by atoms with Crippen molar-refractivity contribution in [1.29, 1.82) is 0 Å². The van der Waals surface area contributed by atoms with E-state index >= 15 is 0 Å². The van der Waals surface area contributed by atoms with Crippen LogP contribution in [0.15, 0.2) is 18.2 Å². The Morgan fingerprint density at radius 2 is 2.12 bits per heavy atom. The lowest BCUT2D eigenvalue weighted by molar-refractivity contribution is -0.177. The molecule has 0 aliphatic rings. The quantitative estimate of drug-likeness (QED) is 0.815. The van der Waals surface area contributed by atoms with E-state index in [1.807, 2.05) is 0 Å². The van der Waals surface area contributed by atoms with Crippen LogP contribution in [-0.2, 0) is 11.3 Å². The van der Waals surface area contributed by atoms with Gasteiger partial charge in [-0.2, -0.15) is 13.2 Å². The van der Waals surface area contributed by atoms with Gasteiger partial charge in [0, 0.05) is 0 Å². The highest BCUT2D eigenvalue weighted by Gasteiger charge is 2.27. The van der Waals surface area contributed by atoms with Crippen LogP contribution in [0, 0.1) is 0 Å². The van der Waals surface area contributed by atoms with Gasteiger partial charge in [-0.3, -0.25) is 0 Å². The van der Waals surface area contributed by atoms with Crippen LogP contribution in [0.2, 0.25) is 0 Å². The molecule has 17 heavy (non-hydrogen) atoms. The summed E-state index contributed by atoms with van der Waals surface area (Å²) in [5.74, 6) is 0.321. The molecule has 3 N–H and O–H groups in total. The minimum atomic E-state index is -4.33. The largest absolute Gasteiger partial charge is 0.411 e. The number of H-pyrrole nitrogens is 1. The van der Waals surface area contributed by atoms with Crippen LogP contribution in [0.25, 0.3) is 11.0 Å². The number of aromatic amines is 1. The number of aromatic nitrogens is 2. The van der Waals surface area contributed by atoms with Gasteiger partial charge < -0.3 is 15.5 Å². The van der Waals surface area contributed by atoms with Gasteiger partial charge in [-0.1, -0.05) is 6.07 Å². The molecule has 1 aromatic heterocycles. The zero-order chi connectivity index (χ0) is 12.5. The number of ether oxygens (including phenoxy) is 1. The average Bonchev–Trinajstić information content (AvgIpc) is 2.60. The van der Waals surface area contributed by atoms with Gasteiger partial charge in [0.25, 0.3) is 0 Å². The third-order valence-electron chi connectivity index (χ3n) is 2.10. The van der Waals surface area contributed by atoms with Gasteiger partial charge in [0.1, 0.15) is 24.6 Å². The van der Waals surface area contributed by atoms with Gasteiger partial charge in [0.15, 0.2) is 0 Å². The maximum Gasteiger partial charge on any atom is 0.411 e. The van der Waals surface area contributed by atoms with E-state index in [-0.39, 0.29) is 6.61 Å². The van der Waals surface area contributed by atoms with Crippen molar-refractivity contribution in [2.75, 3.05) is 12.3 Å². The van der Waals surface area contributed by atoms with Gasteiger partial charge >= 0.3 is 6.18 Å². The van der Waals surface area contributed by atoms with Crippen LogP contribution >= 0.6 is 0 Å². The lowest BCUT2D eigenvalue weighted by Gasteiger charge is -2.05. The molecule has 0 unspecified atom stereocenters. The molecule has 0 radical (unpaired) electrons. The molecule has 0 spiro atoms. The molecule has 2 rings (SSSR count). The maximum atomic E-state index is 11.9. The van der Waals surface area contributed by atoms with Crippen molar-refractivity contribution in [1.82, 2.24) is 9.97 Å². The number of nitrogens with two attached hydrogens (primary N) is 1. The molecule has 0 saturated heterocycles. The number of halogens is 3. The fraction of sp³-hybridized carbons (Fsp3) is 0.300. The third kappa shape index (κ3) is 2.88. The molecule has 4 nitrogen and oxygen atoms in total. The monoisotopic (exact) mass is 245 g/mol. The number of alkyl halides is 3. The SMILES string of the molecule is Nc1cccc2[nH]c(COCC(F)(F)F)nc12. The second-order valence-electron chi connectivity index (χ2n) is 3.53. The van der Waals surface area contributed by atoms with E-state index in [0.717, 1.165) is 0 Å². The molecule has 7 heteroatoms. The Bertz CT molecular complexity index is 521. The number of nitrogen functional groups attached to an aromatic ring is 1. The summed E-state index contributed by atoms with van der Waals surface area (Å²) in [5, 5.41) is 0. The first-order valence-corrected chi connectivity index (χ1v) is 4.83. The second kappa shape index (κ2) is 4.25. The molecule has 0 amide bonds. The number of nitrogens with zero attached hydrogens (tertiary/aromatic N) is 1. The summed E-state index contributed by atoms with van der Waals surface area (Å²) < 4.78 is 40.0. The number of nitrogens with one attached hydrogen (secondary N) is 1. The van der Waals surface area contributed by atoms with Gasteiger partial charge in [-0.25, -0.2) is 4.98 Å². The summed E-state index contributed by atoms with van der Waals surface area (Å²) in [5.41, 5.74) is 7.35. The zero-order valence-corrected chi connectivity index (χ0v) is 8.71. The summed E-state index contributed by atoms with van der Waals surface area (Å²) in [4.78, 5) is 6.90. The van der Waals surface area contributed by atoms with E-state index in [4.69, 9.17) is 5.73 Å². The smallest absolute Gasteiger partial charge is 0.397 e. The number of fused-ring (bicyclic) bond motifs is 1. The zero-order valence-electron chi connectivity index (χ0n) is 8.71. The number of para-hydroxylation sites is 1. The molecule has 1 aromatic carbocycles. The topological polar surface area (TPSA) is 63.9 Å². The molecule has 0 fully saturated rings. The lowest BCUT2D eigenvalue weighted by Crippen LogP contribution is -2.16. The highest BCUT2D eigenvalue weighted by atomic mass is 19.4. The molecule has 2 aromatic rings. The number of anilines is 1. The molecule has 0 bridgehead atoms. The molecular weight excluding hydrogens is 235 g/mol. The summed E-state index contributed by atoms with van der Waals surface area (Å²) >= 11 is 0. The first-order valence-electron chi connectivity index (χ1n) is 4.83. The highest BCUT2D eigenvalue weighted by molar-refractivity contribution is 5.86. The van der Waals surface area contributed by atoms with Crippen LogP contribution in [-0.4, -0.2) is 22.8 Å². The van der Waals surface area contributed by atoms with Crippen molar-refractivity contribution in [2.24, 2.45) is 0 Å². The molecule has 0 atom stereocenters. The molecule has 92 valence electrons. The van der Waals surface area contributed by atoms with Crippen molar-refractivity contribution >= 4 is 16.7 Å². The minimum absolute atomic E-state index is 0.229. The number of hydrogen-bond acceptors (Lipinski definition) is 3. The Morgan fingerprint density at radius 1 is 1.35 bits per heavy atom. The van der Waals surface area contributed by atoms with Gasteiger partial charge in [0.05, 0.1) is 11.2 Å². The van der Waals surface area contributed by atoms with E-state index in [9.17, 15) is 13.2 Å². The third-order valence-corrected chi connectivity index (χ3v) is 2.10.